The standard InChI is InChI=1S/C22H16ClN3O/c1-15-25-20-14-24-13-12-21(20)26(15)18-9-6-17(7-10-18)22(27)11-8-16-4-2-3-5-19(16)23/h2-14H,1H3. The molecule has 132 valence electrons. The Hall–Kier alpha value is -3.24. The monoisotopic (exact) mass is 373 g/mol. The third-order valence-electron chi connectivity index (χ3n) is 4.35. The van der Waals surface area contributed by atoms with Gasteiger partial charge >= 0.3 is 0 Å². The van der Waals surface area contributed by atoms with Crippen molar-refractivity contribution in [2.24, 2.45) is 0 Å². The molecule has 0 aliphatic carbocycles. The van der Waals surface area contributed by atoms with Gasteiger partial charge < -0.3 is 0 Å². The fourth-order valence-corrected chi connectivity index (χ4v) is 3.22. The van der Waals surface area contributed by atoms with Crippen LogP contribution >= 0.6 is 11.6 Å². The van der Waals surface area contributed by atoms with Crippen molar-refractivity contribution in [3.05, 3.63) is 95.0 Å². The predicted octanol–water partition coefficient (Wildman–Crippen LogP) is 5.28. The van der Waals surface area contributed by atoms with E-state index in [1.54, 1.807) is 30.6 Å². The number of hydrogen-bond acceptors (Lipinski definition) is 3. The molecule has 4 rings (SSSR count). The SMILES string of the molecule is Cc1nc2cnccc2n1-c1ccc(C(=O)C=Cc2ccccc2Cl)cc1. The lowest BCUT2D eigenvalue weighted by Crippen LogP contribution is -1.99. The zero-order chi connectivity index (χ0) is 18.8. The summed E-state index contributed by atoms with van der Waals surface area (Å²) in [7, 11) is 0. The minimum atomic E-state index is -0.0714. The molecule has 2 heterocycles. The highest BCUT2D eigenvalue weighted by molar-refractivity contribution is 6.32. The zero-order valence-electron chi connectivity index (χ0n) is 14.6. The van der Waals surface area contributed by atoms with Gasteiger partial charge in [0.1, 0.15) is 11.3 Å². The molecule has 0 unspecified atom stereocenters. The largest absolute Gasteiger partial charge is 0.296 e. The van der Waals surface area contributed by atoms with Gasteiger partial charge in [-0.1, -0.05) is 29.8 Å². The van der Waals surface area contributed by atoms with Crippen molar-refractivity contribution >= 4 is 34.5 Å². The van der Waals surface area contributed by atoms with Crippen LogP contribution < -0.4 is 0 Å². The van der Waals surface area contributed by atoms with Crippen molar-refractivity contribution < 1.29 is 4.79 Å². The summed E-state index contributed by atoms with van der Waals surface area (Å²) in [5, 5.41) is 0.619. The topological polar surface area (TPSA) is 47.8 Å². The van der Waals surface area contributed by atoms with E-state index in [1.165, 1.54) is 0 Å². The maximum Gasteiger partial charge on any atom is 0.185 e. The molecule has 0 aliphatic heterocycles. The molecule has 0 saturated carbocycles. The molecule has 4 aromatic rings. The summed E-state index contributed by atoms with van der Waals surface area (Å²) >= 11 is 6.12. The maximum absolute atomic E-state index is 12.4. The number of hydrogen-bond donors (Lipinski definition) is 0. The second-order valence-corrected chi connectivity index (χ2v) is 6.53. The fraction of sp³-hybridized carbons (Fsp3) is 0.0455. The van der Waals surface area contributed by atoms with Crippen LogP contribution in [0.3, 0.4) is 0 Å². The molecule has 0 fully saturated rings. The smallest absolute Gasteiger partial charge is 0.185 e. The van der Waals surface area contributed by atoms with Gasteiger partial charge in [0.2, 0.25) is 0 Å². The number of carbonyl (C=O) groups excluding carboxylic acids is 1. The number of rotatable bonds is 4. The fourth-order valence-electron chi connectivity index (χ4n) is 3.03. The number of allylic oxidation sites excluding steroid dienone is 1. The highest BCUT2D eigenvalue weighted by atomic mass is 35.5. The Bertz CT molecular complexity index is 1160. The zero-order valence-corrected chi connectivity index (χ0v) is 15.4. The van der Waals surface area contributed by atoms with Gasteiger partial charge in [-0.15, -0.1) is 0 Å². The van der Waals surface area contributed by atoms with Gasteiger partial charge in [0, 0.05) is 22.5 Å². The number of halogens is 1. The summed E-state index contributed by atoms with van der Waals surface area (Å²) in [5.41, 5.74) is 4.22. The van der Waals surface area contributed by atoms with Crippen LogP contribution in [0.15, 0.2) is 73.1 Å². The summed E-state index contributed by atoms with van der Waals surface area (Å²) in [6.07, 6.45) is 6.77. The summed E-state index contributed by atoms with van der Waals surface area (Å²) in [4.78, 5) is 21.1. The molecule has 0 radical (unpaired) electrons. The number of pyridine rings is 1. The lowest BCUT2D eigenvalue weighted by atomic mass is 10.1. The van der Waals surface area contributed by atoms with Crippen molar-refractivity contribution in [1.29, 1.82) is 0 Å². The van der Waals surface area contributed by atoms with Crippen LogP contribution in [0.2, 0.25) is 5.02 Å². The van der Waals surface area contributed by atoms with E-state index >= 15 is 0 Å². The number of ketones is 1. The normalized spacial score (nSPS) is 11.3. The van der Waals surface area contributed by atoms with E-state index in [0.29, 0.717) is 10.6 Å². The van der Waals surface area contributed by atoms with Gasteiger partial charge in [0.05, 0.1) is 11.7 Å². The van der Waals surface area contributed by atoms with Gasteiger partial charge in [-0.05, 0) is 61.0 Å². The van der Waals surface area contributed by atoms with E-state index in [0.717, 1.165) is 28.1 Å². The lowest BCUT2D eigenvalue weighted by Gasteiger charge is -2.07. The summed E-state index contributed by atoms with van der Waals surface area (Å²) in [5.74, 6) is 0.800. The first-order valence-corrected chi connectivity index (χ1v) is 8.88. The second kappa shape index (κ2) is 7.17. The lowest BCUT2D eigenvalue weighted by molar-refractivity contribution is 0.104. The number of fused-ring (bicyclic) bond motifs is 1. The number of benzene rings is 2. The molecule has 2 aromatic heterocycles. The number of aromatic nitrogens is 3. The van der Waals surface area contributed by atoms with Gasteiger partial charge in [0.25, 0.3) is 0 Å². The molecule has 4 nitrogen and oxygen atoms in total. The van der Waals surface area contributed by atoms with Crippen LogP contribution in [0, 0.1) is 6.92 Å². The van der Waals surface area contributed by atoms with E-state index < -0.39 is 0 Å². The summed E-state index contributed by atoms with van der Waals surface area (Å²) in [6, 6.07) is 16.8. The molecule has 0 N–H and O–H groups in total. The van der Waals surface area contributed by atoms with Crippen molar-refractivity contribution in [3.8, 4) is 5.69 Å². The Morgan fingerprint density at radius 2 is 1.85 bits per heavy atom. The van der Waals surface area contributed by atoms with E-state index in [4.69, 9.17) is 11.6 Å². The molecule has 27 heavy (non-hydrogen) atoms. The van der Waals surface area contributed by atoms with Crippen LogP contribution in [-0.2, 0) is 0 Å². The van der Waals surface area contributed by atoms with Gasteiger partial charge in [0.15, 0.2) is 5.78 Å². The van der Waals surface area contributed by atoms with Gasteiger partial charge in [-0.2, -0.15) is 0 Å². The van der Waals surface area contributed by atoms with Crippen LogP contribution in [-0.4, -0.2) is 20.3 Å². The Kier molecular flexibility index (Phi) is 4.57. The van der Waals surface area contributed by atoms with E-state index in [2.05, 4.69) is 9.97 Å². The Labute approximate surface area is 161 Å². The average Bonchev–Trinajstić information content (AvgIpc) is 3.03. The molecule has 0 atom stereocenters. The molecule has 5 heteroatoms. The molecular formula is C22H16ClN3O. The van der Waals surface area contributed by atoms with E-state index in [-0.39, 0.29) is 5.78 Å². The van der Waals surface area contributed by atoms with E-state index in [9.17, 15) is 4.79 Å². The summed E-state index contributed by atoms with van der Waals surface area (Å²) < 4.78 is 2.05. The Morgan fingerprint density at radius 3 is 2.63 bits per heavy atom. The van der Waals surface area contributed by atoms with Gasteiger partial charge in [-0.25, -0.2) is 4.98 Å². The molecule has 0 spiro atoms. The number of aryl methyl sites for hydroxylation is 1. The molecule has 0 saturated heterocycles. The predicted molar refractivity (Wildman–Crippen MR) is 108 cm³/mol. The van der Waals surface area contributed by atoms with Crippen LogP contribution in [0.5, 0.6) is 0 Å². The van der Waals surface area contributed by atoms with Gasteiger partial charge in [-0.3, -0.25) is 14.3 Å². The highest BCUT2D eigenvalue weighted by Crippen LogP contribution is 2.21. The molecule has 0 bridgehead atoms. The van der Waals surface area contributed by atoms with Crippen molar-refractivity contribution in [2.75, 3.05) is 0 Å². The molecular weight excluding hydrogens is 358 g/mol. The first kappa shape index (κ1) is 17.2. The first-order valence-electron chi connectivity index (χ1n) is 8.50. The van der Waals surface area contributed by atoms with Crippen LogP contribution in [0.25, 0.3) is 22.8 Å². The minimum absolute atomic E-state index is 0.0714. The number of carbonyl (C=O) groups is 1. The van der Waals surface area contributed by atoms with Crippen LogP contribution in [0.4, 0.5) is 0 Å². The Morgan fingerprint density at radius 1 is 1.07 bits per heavy atom. The third kappa shape index (κ3) is 3.39. The van der Waals surface area contributed by atoms with Crippen molar-refractivity contribution in [2.45, 2.75) is 6.92 Å². The number of imidazole rings is 1. The molecule has 0 aliphatic rings. The summed E-state index contributed by atoms with van der Waals surface area (Å²) in [6.45, 7) is 1.95. The Balaban J connectivity index is 1.61. The van der Waals surface area contributed by atoms with E-state index in [1.807, 2.05) is 60.0 Å². The first-order chi connectivity index (χ1) is 13.1. The maximum atomic E-state index is 12.4. The highest BCUT2D eigenvalue weighted by Gasteiger charge is 2.10. The average molecular weight is 374 g/mol. The van der Waals surface area contributed by atoms with Crippen LogP contribution in [0.1, 0.15) is 21.7 Å². The van der Waals surface area contributed by atoms with Crippen molar-refractivity contribution in [3.63, 3.8) is 0 Å². The third-order valence-corrected chi connectivity index (χ3v) is 4.70. The quantitative estimate of drug-likeness (QED) is 0.361. The van der Waals surface area contributed by atoms with Crippen molar-refractivity contribution in [1.82, 2.24) is 14.5 Å². The molecule has 2 aromatic carbocycles. The number of nitrogens with zero attached hydrogens (tertiary/aromatic N) is 3. The minimum Gasteiger partial charge on any atom is -0.296 e. The second-order valence-electron chi connectivity index (χ2n) is 6.12. The molecule has 0 amide bonds.